The van der Waals surface area contributed by atoms with E-state index in [-0.39, 0.29) is 40.8 Å². The first-order valence-electron chi connectivity index (χ1n) is 12.9. The molecule has 3 rings (SSSR count). The predicted octanol–water partition coefficient (Wildman–Crippen LogP) is 6.09. The van der Waals surface area contributed by atoms with Gasteiger partial charge in [-0.25, -0.2) is 0 Å². The van der Waals surface area contributed by atoms with Crippen LogP contribution in [0.15, 0.2) is 36.4 Å². The van der Waals surface area contributed by atoms with Crippen molar-refractivity contribution < 1.29 is 30.0 Å². The maximum absolute atomic E-state index is 13.1. The van der Waals surface area contributed by atoms with Crippen LogP contribution in [0.4, 0.5) is 0 Å². The Balaban J connectivity index is 1.69. The van der Waals surface area contributed by atoms with Crippen molar-refractivity contribution in [1.29, 1.82) is 0 Å². The normalized spacial score (nSPS) is 16.7. The lowest BCUT2D eigenvalue weighted by molar-refractivity contribution is -0.121. The number of aromatic hydroxyl groups is 3. The van der Waals surface area contributed by atoms with Crippen molar-refractivity contribution >= 4 is 5.78 Å². The molecule has 0 radical (unpaired) electrons. The molecule has 0 saturated heterocycles. The van der Waals surface area contributed by atoms with Crippen molar-refractivity contribution in [3.8, 4) is 23.0 Å². The molecular formula is C29H40O6. The van der Waals surface area contributed by atoms with Gasteiger partial charge in [0, 0.05) is 12.8 Å². The second kappa shape index (κ2) is 12.3. The number of rotatable bonds is 13. The number of carbonyl (C=O) groups is 1. The number of aliphatic hydroxyl groups is 1. The summed E-state index contributed by atoms with van der Waals surface area (Å²) in [6.07, 6.45) is 7.98. The summed E-state index contributed by atoms with van der Waals surface area (Å²) in [6, 6.07) is 10.2. The van der Waals surface area contributed by atoms with Crippen LogP contribution in [0, 0.1) is 0 Å². The summed E-state index contributed by atoms with van der Waals surface area (Å²) in [5, 5.41) is 40.6. The van der Waals surface area contributed by atoms with Gasteiger partial charge in [-0.1, -0.05) is 51.2 Å². The van der Waals surface area contributed by atoms with Crippen LogP contribution in [0.5, 0.6) is 23.0 Å². The summed E-state index contributed by atoms with van der Waals surface area (Å²) in [4.78, 5) is 13.1. The fraction of sp³-hybridized carbons (Fsp3) is 0.552. The Morgan fingerprint density at radius 1 is 0.971 bits per heavy atom. The van der Waals surface area contributed by atoms with Gasteiger partial charge in [0.1, 0.15) is 5.78 Å². The molecule has 0 spiro atoms. The largest absolute Gasteiger partial charge is 0.504 e. The minimum absolute atomic E-state index is 0.00485. The average Bonchev–Trinajstić information content (AvgIpc) is 3.30. The van der Waals surface area contributed by atoms with Crippen molar-refractivity contribution in [2.24, 2.45) is 0 Å². The molecule has 1 saturated carbocycles. The van der Waals surface area contributed by atoms with E-state index in [0.29, 0.717) is 18.6 Å². The van der Waals surface area contributed by atoms with Crippen LogP contribution < -0.4 is 4.74 Å². The number of hydrogen-bond acceptors (Lipinski definition) is 6. The van der Waals surface area contributed by atoms with Crippen molar-refractivity contribution in [1.82, 2.24) is 0 Å². The number of benzene rings is 2. The molecule has 0 aliphatic heterocycles. The van der Waals surface area contributed by atoms with Gasteiger partial charge < -0.3 is 25.2 Å². The highest BCUT2D eigenvalue weighted by Crippen LogP contribution is 2.46. The van der Waals surface area contributed by atoms with Gasteiger partial charge in [0.05, 0.1) is 13.2 Å². The van der Waals surface area contributed by atoms with Crippen LogP contribution in [-0.4, -0.2) is 39.4 Å². The summed E-state index contributed by atoms with van der Waals surface area (Å²) >= 11 is 0. The zero-order valence-electron chi connectivity index (χ0n) is 21.0. The fourth-order valence-corrected chi connectivity index (χ4v) is 5.64. The van der Waals surface area contributed by atoms with E-state index in [0.717, 1.165) is 62.5 Å². The maximum Gasteiger partial charge on any atom is 0.160 e. The third kappa shape index (κ3) is 6.91. The third-order valence-electron chi connectivity index (χ3n) is 7.54. The molecule has 2 aromatic rings. The van der Waals surface area contributed by atoms with Crippen LogP contribution in [0.3, 0.4) is 0 Å². The number of Topliss-reactive ketones (excluding diaryl/α,β-unsaturated/α-hetero) is 1. The van der Waals surface area contributed by atoms with E-state index in [1.165, 1.54) is 13.2 Å². The molecule has 2 unspecified atom stereocenters. The van der Waals surface area contributed by atoms with Gasteiger partial charge in [0.2, 0.25) is 0 Å². The van der Waals surface area contributed by atoms with Crippen LogP contribution in [0.2, 0.25) is 0 Å². The molecule has 35 heavy (non-hydrogen) atoms. The summed E-state index contributed by atoms with van der Waals surface area (Å²) < 4.78 is 5.27. The number of unbranched alkanes of at least 4 members (excludes halogenated alkanes) is 2. The van der Waals surface area contributed by atoms with Crippen LogP contribution in [0.25, 0.3) is 0 Å². The topological polar surface area (TPSA) is 107 Å². The Morgan fingerprint density at radius 3 is 2.34 bits per heavy atom. The van der Waals surface area contributed by atoms with Gasteiger partial charge >= 0.3 is 0 Å². The quantitative estimate of drug-likeness (QED) is 0.202. The Kier molecular flexibility index (Phi) is 9.44. The molecule has 2 aromatic carbocycles. The highest BCUT2D eigenvalue weighted by Gasteiger charge is 2.38. The van der Waals surface area contributed by atoms with E-state index < -0.39 is 6.10 Å². The number of aliphatic hydroxyl groups excluding tert-OH is 1. The smallest absolute Gasteiger partial charge is 0.160 e. The minimum atomic E-state index is -0.776. The van der Waals surface area contributed by atoms with Gasteiger partial charge in [-0.2, -0.15) is 0 Å². The second-order valence-corrected chi connectivity index (χ2v) is 10.1. The lowest BCUT2D eigenvalue weighted by atomic mass is 9.73. The van der Waals surface area contributed by atoms with Crippen LogP contribution >= 0.6 is 0 Å². The molecule has 2 atom stereocenters. The number of hydrogen-bond donors (Lipinski definition) is 4. The molecule has 192 valence electrons. The van der Waals surface area contributed by atoms with Crippen molar-refractivity contribution in [2.45, 2.75) is 95.0 Å². The second-order valence-electron chi connectivity index (χ2n) is 10.1. The van der Waals surface area contributed by atoms with E-state index in [2.05, 4.69) is 6.92 Å². The minimum Gasteiger partial charge on any atom is -0.504 e. The zero-order valence-corrected chi connectivity index (χ0v) is 21.0. The number of phenolic OH excluding ortho intramolecular Hbond substituents is 3. The molecule has 4 N–H and O–H groups in total. The first-order valence-corrected chi connectivity index (χ1v) is 12.9. The highest BCUT2D eigenvalue weighted by atomic mass is 16.5. The maximum atomic E-state index is 13.1. The Hall–Kier alpha value is -2.73. The van der Waals surface area contributed by atoms with Crippen molar-refractivity contribution in [3.05, 3.63) is 47.5 Å². The average molecular weight is 485 g/mol. The van der Waals surface area contributed by atoms with E-state index in [9.17, 15) is 25.2 Å². The van der Waals surface area contributed by atoms with E-state index in [4.69, 9.17) is 4.74 Å². The van der Waals surface area contributed by atoms with E-state index in [1.807, 2.05) is 12.1 Å². The summed E-state index contributed by atoms with van der Waals surface area (Å²) in [6.45, 7) is 2.15. The number of ether oxygens (including phenoxy) is 1. The van der Waals surface area contributed by atoms with Crippen molar-refractivity contribution in [3.63, 3.8) is 0 Å². The molecule has 6 heteroatoms. The molecular weight excluding hydrogens is 444 g/mol. The monoisotopic (exact) mass is 484 g/mol. The zero-order chi connectivity index (χ0) is 25.4. The van der Waals surface area contributed by atoms with Crippen LogP contribution in [-0.2, 0) is 10.2 Å². The van der Waals surface area contributed by atoms with Gasteiger partial charge in [-0.3, -0.25) is 4.79 Å². The van der Waals surface area contributed by atoms with E-state index in [1.54, 1.807) is 18.2 Å². The van der Waals surface area contributed by atoms with Gasteiger partial charge in [0.15, 0.2) is 23.0 Å². The van der Waals surface area contributed by atoms with Gasteiger partial charge in [-0.05, 0) is 72.4 Å². The molecule has 1 fully saturated rings. The molecule has 0 heterocycles. The van der Waals surface area contributed by atoms with Gasteiger partial charge in [-0.15, -0.1) is 0 Å². The summed E-state index contributed by atoms with van der Waals surface area (Å²) in [7, 11) is 1.51. The molecule has 6 nitrogen and oxygen atoms in total. The van der Waals surface area contributed by atoms with Crippen LogP contribution in [0.1, 0.15) is 94.6 Å². The Bertz CT molecular complexity index is 979. The summed E-state index contributed by atoms with van der Waals surface area (Å²) in [5.41, 5.74) is 1.58. The Labute approximate surface area is 208 Å². The predicted molar refractivity (Wildman–Crippen MR) is 136 cm³/mol. The fourth-order valence-electron chi connectivity index (χ4n) is 5.64. The third-order valence-corrected chi connectivity index (χ3v) is 7.54. The van der Waals surface area contributed by atoms with Crippen molar-refractivity contribution in [2.75, 3.05) is 7.11 Å². The molecule has 0 amide bonds. The SMILES string of the molecule is CCCCCC(CC(=O)CC(O)CC1(c2ccc(O)c(O)c2)CCCC1)c1ccc(O)c(OC)c1. The number of methoxy groups -OCH3 is 1. The Morgan fingerprint density at radius 2 is 1.69 bits per heavy atom. The number of carbonyl (C=O) groups excluding carboxylic acids is 1. The molecule has 0 aromatic heterocycles. The highest BCUT2D eigenvalue weighted by molar-refractivity contribution is 5.79. The number of ketones is 1. The van der Waals surface area contributed by atoms with E-state index >= 15 is 0 Å². The molecule has 1 aliphatic carbocycles. The lowest BCUT2D eigenvalue weighted by Crippen LogP contribution is -2.29. The first kappa shape index (κ1) is 26.9. The molecule has 1 aliphatic rings. The standard InChI is InChI=1S/C29H40O6/c1-3-4-5-8-20(21-9-11-26(33)28(16-21)35-2)15-23(30)18-24(31)19-29(13-6-7-14-29)22-10-12-25(32)27(34)17-22/h9-12,16-17,20,24,31-34H,3-8,13-15,18-19H2,1-2H3. The first-order chi connectivity index (χ1) is 16.8. The summed E-state index contributed by atoms with van der Waals surface area (Å²) in [5.74, 6) is 0.192. The van der Waals surface area contributed by atoms with Gasteiger partial charge in [0.25, 0.3) is 0 Å². The molecule has 0 bridgehead atoms. The number of phenols is 3. The lowest BCUT2D eigenvalue weighted by Gasteiger charge is -2.32.